The second-order valence-corrected chi connectivity index (χ2v) is 4.52. The average molecular weight is 290 g/mol. The Labute approximate surface area is 122 Å². The number of nitrogens with zero attached hydrogens (tertiary/aromatic N) is 2. The summed E-state index contributed by atoms with van der Waals surface area (Å²) in [6.45, 7) is 3.83. The molecule has 1 heterocycles. The van der Waals surface area contributed by atoms with E-state index in [0.29, 0.717) is 12.4 Å². The predicted molar refractivity (Wildman–Crippen MR) is 77.2 cm³/mol. The largest absolute Gasteiger partial charge is 0.508 e. The lowest BCUT2D eigenvalue weighted by Gasteiger charge is -2.10. The highest BCUT2D eigenvalue weighted by atomic mass is 16.5. The van der Waals surface area contributed by atoms with Gasteiger partial charge in [-0.05, 0) is 26.0 Å². The van der Waals surface area contributed by atoms with Crippen molar-refractivity contribution >= 4 is 5.97 Å². The summed E-state index contributed by atoms with van der Waals surface area (Å²) in [4.78, 5) is 11.7. The number of methoxy groups -OCH3 is 1. The van der Waals surface area contributed by atoms with E-state index in [2.05, 4.69) is 5.10 Å². The van der Waals surface area contributed by atoms with Crippen molar-refractivity contribution in [2.45, 2.75) is 19.9 Å². The molecule has 6 nitrogen and oxygen atoms in total. The third kappa shape index (κ3) is 3.16. The smallest absolute Gasteiger partial charge is 0.330 e. The van der Waals surface area contributed by atoms with Gasteiger partial charge in [0.2, 0.25) is 0 Å². The number of carbonyl (C=O) groups excluding carboxylic acids is 1. The molecule has 0 saturated heterocycles. The van der Waals surface area contributed by atoms with E-state index in [-0.39, 0.29) is 11.7 Å². The minimum atomic E-state index is -0.498. The number of aromatic hydroxyl groups is 1. The van der Waals surface area contributed by atoms with Crippen LogP contribution in [-0.2, 0) is 9.53 Å². The number of esters is 1. The van der Waals surface area contributed by atoms with E-state index in [4.69, 9.17) is 9.47 Å². The van der Waals surface area contributed by atoms with Gasteiger partial charge in [-0.15, -0.1) is 0 Å². The van der Waals surface area contributed by atoms with Crippen molar-refractivity contribution in [3.8, 4) is 22.6 Å². The standard InChI is InChI=1S/C15H18N2O4/c1-4-21-15(19)10(2)17-9-11(8-16-17)13-6-5-12(18)7-14(13)20-3/h5-10,18H,4H2,1-3H3. The van der Waals surface area contributed by atoms with Gasteiger partial charge in [-0.2, -0.15) is 5.10 Å². The van der Waals surface area contributed by atoms with Gasteiger partial charge in [-0.25, -0.2) is 4.79 Å². The molecule has 0 spiro atoms. The third-order valence-electron chi connectivity index (χ3n) is 3.12. The molecule has 1 atom stereocenters. The number of hydrogen-bond donors (Lipinski definition) is 1. The van der Waals surface area contributed by atoms with Gasteiger partial charge in [0.25, 0.3) is 0 Å². The number of phenols is 1. The van der Waals surface area contributed by atoms with Gasteiger partial charge in [0.1, 0.15) is 17.5 Å². The van der Waals surface area contributed by atoms with Crippen LogP contribution < -0.4 is 4.74 Å². The third-order valence-corrected chi connectivity index (χ3v) is 3.12. The Hall–Kier alpha value is -2.50. The lowest BCUT2D eigenvalue weighted by atomic mass is 10.1. The molecule has 2 aromatic rings. The van der Waals surface area contributed by atoms with Gasteiger partial charge < -0.3 is 14.6 Å². The second kappa shape index (κ2) is 6.30. The SMILES string of the molecule is CCOC(=O)C(C)n1cc(-c2ccc(O)cc2OC)cn1. The molecule has 0 aliphatic carbocycles. The Balaban J connectivity index is 2.30. The predicted octanol–water partition coefficient (Wildman–Crippen LogP) is 2.39. The fourth-order valence-electron chi connectivity index (χ4n) is 1.98. The van der Waals surface area contributed by atoms with Gasteiger partial charge in [-0.3, -0.25) is 4.68 Å². The van der Waals surface area contributed by atoms with Crippen LogP contribution in [0.1, 0.15) is 19.9 Å². The van der Waals surface area contributed by atoms with Crippen LogP contribution >= 0.6 is 0 Å². The van der Waals surface area contributed by atoms with Crippen molar-refractivity contribution in [3.05, 3.63) is 30.6 Å². The monoisotopic (exact) mass is 290 g/mol. The maximum absolute atomic E-state index is 11.7. The lowest BCUT2D eigenvalue weighted by molar-refractivity contribution is -0.146. The summed E-state index contributed by atoms with van der Waals surface area (Å²) in [5, 5.41) is 13.7. The average Bonchev–Trinajstić information content (AvgIpc) is 2.96. The number of carbonyl (C=O) groups is 1. The fourth-order valence-corrected chi connectivity index (χ4v) is 1.98. The first-order valence-electron chi connectivity index (χ1n) is 6.65. The quantitative estimate of drug-likeness (QED) is 0.856. The van der Waals surface area contributed by atoms with Crippen LogP contribution in [-0.4, -0.2) is 34.6 Å². The summed E-state index contributed by atoms with van der Waals surface area (Å²) in [6.07, 6.45) is 3.39. The normalized spacial score (nSPS) is 12.0. The molecule has 112 valence electrons. The Morgan fingerprint density at radius 3 is 2.90 bits per heavy atom. The summed E-state index contributed by atoms with van der Waals surface area (Å²) >= 11 is 0. The maximum atomic E-state index is 11.7. The van der Waals surface area contributed by atoms with E-state index in [1.165, 1.54) is 13.2 Å². The molecule has 0 amide bonds. The van der Waals surface area contributed by atoms with Gasteiger partial charge in [0.15, 0.2) is 0 Å². The summed E-state index contributed by atoms with van der Waals surface area (Å²) in [6, 6.07) is 4.34. The molecular formula is C15H18N2O4. The van der Waals surface area contributed by atoms with Crippen molar-refractivity contribution in [1.29, 1.82) is 0 Å². The molecule has 0 bridgehead atoms. The highest BCUT2D eigenvalue weighted by Crippen LogP contribution is 2.32. The molecule has 6 heteroatoms. The van der Waals surface area contributed by atoms with Gasteiger partial charge >= 0.3 is 5.97 Å². The van der Waals surface area contributed by atoms with E-state index < -0.39 is 6.04 Å². The molecule has 1 N–H and O–H groups in total. The molecule has 1 aromatic carbocycles. The van der Waals surface area contributed by atoms with Crippen LogP contribution in [0.4, 0.5) is 0 Å². The van der Waals surface area contributed by atoms with Crippen LogP contribution in [0.25, 0.3) is 11.1 Å². The van der Waals surface area contributed by atoms with Crippen molar-refractivity contribution in [2.24, 2.45) is 0 Å². The lowest BCUT2D eigenvalue weighted by Crippen LogP contribution is -2.19. The number of ether oxygens (including phenoxy) is 2. The highest BCUT2D eigenvalue weighted by Gasteiger charge is 2.18. The Morgan fingerprint density at radius 2 is 2.24 bits per heavy atom. The van der Waals surface area contributed by atoms with Crippen LogP contribution in [0, 0.1) is 0 Å². The molecule has 0 fully saturated rings. The number of aromatic nitrogens is 2. The zero-order valence-electron chi connectivity index (χ0n) is 12.2. The van der Waals surface area contributed by atoms with E-state index in [1.807, 2.05) is 0 Å². The molecule has 1 aromatic heterocycles. The summed E-state index contributed by atoms with van der Waals surface area (Å²) < 4.78 is 11.8. The van der Waals surface area contributed by atoms with E-state index in [1.54, 1.807) is 43.1 Å². The zero-order valence-corrected chi connectivity index (χ0v) is 12.2. The maximum Gasteiger partial charge on any atom is 0.330 e. The van der Waals surface area contributed by atoms with Crippen LogP contribution in [0.5, 0.6) is 11.5 Å². The zero-order chi connectivity index (χ0) is 15.4. The minimum Gasteiger partial charge on any atom is -0.508 e. The molecule has 2 rings (SSSR count). The second-order valence-electron chi connectivity index (χ2n) is 4.52. The first-order valence-corrected chi connectivity index (χ1v) is 6.65. The number of benzene rings is 1. The molecule has 0 aliphatic rings. The summed E-state index contributed by atoms with van der Waals surface area (Å²) in [5.41, 5.74) is 1.58. The summed E-state index contributed by atoms with van der Waals surface area (Å²) in [7, 11) is 1.53. The fraction of sp³-hybridized carbons (Fsp3) is 0.333. The number of phenolic OH excluding ortho intramolecular Hbond substituents is 1. The topological polar surface area (TPSA) is 73.6 Å². The van der Waals surface area contributed by atoms with Crippen LogP contribution in [0.15, 0.2) is 30.6 Å². The van der Waals surface area contributed by atoms with E-state index in [0.717, 1.165) is 11.1 Å². The van der Waals surface area contributed by atoms with Gasteiger partial charge in [0, 0.05) is 23.4 Å². The Morgan fingerprint density at radius 1 is 1.48 bits per heavy atom. The Kier molecular flexibility index (Phi) is 4.47. The van der Waals surface area contributed by atoms with Crippen molar-refractivity contribution < 1.29 is 19.4 Å². The first kappa shape index (κ1) is 14.9. The first-order chi connectivity index (χ1) is 10.1. The van der Waals surface area contributed by atoms with E-state index in [9.17, 15) is 9.90 Å². The van der Waals surface area contributed by atoms with Crippen molar-refractivity contribution in [2.75, 3.05) is 13.7 Å². The van der Waals surface area contributed by atoms with Gasteiger partial charge in [-0.1, -0.05) is 0 Å². The highest BCUT2D eigenvalue weighted by molar-refractivity contribution is 5.74. The van der Waals surface area contributed by atoms with E-state index >= 15 is 0 Å². The summed E-state index contributed by atoms with van der Waals surface area (Å²) in [5.74, 6) is 0.339. The molecule has 1 unspecified atom stereocenters. The molecule has 0 saturated carbocycles. The molecular weight excluding hydrogens is 272 g/mol. The van der Waals surface area contributed by atoms with Gasteiger partial charge in [0.05, 0.1) is 19.9 Å². The number of hydrogen-bond acceptors (Lipinski definition) is 5. The van der Waals surface area contributed by atoms with Crippen LogP contribution in [0.2, 0.25) is 0 Å². The van der Waals surface area contributed by atoms with Crippen molar-refractivity contribution in [3.63, 3.8) is 0 Å². The molecule has 0 radical (unpaired) electrons. The molecule has 0 aliphatic heterocycles. The van der Waals surface area contributed by atoms with Crippen molar-refractivity contribution in [1.82, 2.24) is 9.78 Å². The minimum absolute atomic E-state index is 0.128. The molecule has 21 heavy (non-hydrogen) atoms. The van der Waals surface area contributed by atoms with Crippen LogP contribution in [0.3, 0.4) is 0 Å². The number of rotatable bonds is 5. The Bertz CT molecular complexity index is 636.